The van der Waals surface area contributed by atoms with Crippen molar-refractivity contribution in [2.75, 3.05) is 0 Å². The molecule has 1 aromatic heterocycles. The van der Waals surface area contributed by atoms with E-state index in [9.17, 15) is 4.79 Å². The van der Waals surface area contributed by atoms with Gasteiger partial charge in [-0.1, -0.05) is 64.1 Å². The molecule has 4 aromatic rings. The first-order valence-electron chi connectivity index (χ1n) is 10.1. The summed E-state index contributed by atoms with van der Waals surface area (Å²) in [5.74, 6) is -0.149. The average molecular weight is 500 g/mol. The van der Waals surface area contributed by atoms with Crippen LogP contribution in [-0.2, 0) is 6.54 Å². The molecule has 0 saturated heterocycles. The molecule has 0 aliphatic carbocycles. The quantitative estimate of drug-likeness (QED) is 0.310. The lowest BCUT2D eigenvalue weighted by atomic mass is 10.0. The van der Waals surface area contributed by atoms with Gasteiger partial charge in [0.05, 0.1) is 23.6 Å². The third-order valence-corrected chi connectivity index (χ3v) is 6.70. The number of hydrogen-bond donors (Lipinski definition) is 1. The van der Waals surface area contributed by atoms with Gasteiger partial charge in [0.15, 0.2) is 0 Å². The number of fused-ring (bicyclic) bond motifs is 2. The third-order valence-electron chi connectivity index (χ3n) is 5.07. The van der Waals surface area contributed by atoms with E-state index in [1.807, 2.05) is 60.7 Å². The van der Waals surface area contributed by atoms with Crippen LogP contribution < -0.4 is 5.32 Å². The highest BCUT2D eigenvalue weighted by molar-refractivity contribution is 9.10. The molecule has 0 fully saturated rings. The Morgan fingerprint density at radius 1 is 0.906 bits per heavy atom. The summed E-state index contributed by atoms with van der Waals surface area (Å²) < 4.78 is 0.995. The molecular formula is C26H18BrN3OS. The second-order valence-corrected chi connectivity index (χ2v) is 9.25. The Morgan fingerprint density at radius 3 is 2.62 bits per heavy atom. The Balaban J connectivity index is 1.52. The van der Waals surface area contributed by atoms with Crippen LogP contribution in [0.5, 0.6) is 0 Å². The lowest BCUT2D eigenvalue weighted by Gasteiger charge is -2.09. The molecule has 0 spiro atoms. The summed E-state index contributed by atoms with van der Waals surface area (Å²) in [7, 11) is 0. The topological polar surface area (TPSA) is 54.4 Å². The molecule has 32 heavy (non-hydrogen) atoms. The number of halogens is 1. The minimum Gasteiger partial charge on any atom is -0.346 e. The van der Waals surface area contributed by atoms with Gasteiger partial charge in [-0.05, 0) is 48.5 Å². The average Bonchev–Trinajstić information content (AvgIpc) is 2.99. The number of carbonyl (C=O) groups is 1. The lowest BCUT2D eigenvalue weighted by Crippen LogP contribution is -2.23. The predicted octanol–water partition coefficient (Wildman–Crippen LogP) is 6.41. The van der Waals surface area contributed by atoms with Crippen LogP contribution in [0.1, 0.15) is 27.2 Å². The fourth-order valence-corrected chi connectivity index (χ4v) is 4.92. The van der Waals surface area contributed by atoms with Crippen LogP contribution in [0, 0.1) is 0 Å². The molecule has 156 valence electrons. The zero-order valence-corrected chi connectivity index (χ0v) is 19.4. The summed E-state index contributed by atoms with van der Waals surface area (Å²) in [6.45, 7) is 0.378. The molecule has 0 atom stereocenters. The molecule has 1 N–H and O–H groups in total. The summed E-state index contributed by atoms with van der Waals surface area (Å²) in [4.78, 5) is 24.3. The fourth-order valence-electron chi connectivity index (χ4n) is 3.51. The Hall–Kier alpha value is -3.22. The van der Waals surface area contributed by atoms with Crippen LogP contribution in [0.15, 0.2) is 110 Å². The lowest BCUT2D eigenvalue weighted by molar-refractivity contribution is 0.0950. The van der Waals surface area contributed by atoms with Gasteiger partial charge in [-0.25, -0.2) is 4.99 Å². The van der Waals surface area contributed by atoms with E-state index in [-0.39, 0.29) is 5.91 Å². The maximum atomic E-state index is 12.8. The molecule has 0 unspecified atom stereocenters. The van der Waals surface area contributed by atoms with E-state index >= 15 is 0 Å². The number of amides is 1. The molecule has 1 aliphatic heterocycles. The summed E-state index contributed by atoms with van der Waals surface area (Å²) >= 11 is 5.24. The largest absolute Gasteiger partial charge is 0.346 e. The highest BCUT2D eigenvalue weighted by Crippen LogP contribution is 2.41. The number of aliphatic imine (C=N–C) groups is 1. The smallest absolute Gasteiger partial charge is 0.251 e. The van der Waals surface area contributed by atoms with Gasteiger partial charge in [-0.2, -0.15) is 0 Å². The third kappa shape index (κ3) is 4.38. The first-order chi connectivity index (χ1) is 15.7. The predicted molar refractivity (Wildman–Crippen MR) is 132 cm³/mol. The number of pyridine rings is 1. The van der Waals surface area contributed by atoms with Gasteiger partial charge in [0, 0.05) is 37.2 Å². The first kappa shape index (κ1) is 20.7. The van der Waals surface area contributed by atoms with Crippen molar-refractivity contribution in [1.82, 2.24) is 10.3 Å². The van der Waals surface area contributed by atoms with Crippen LogP contribution in [0.25, 0.3) is 0 Å². The molecule has 1 aliphatic rings. The zero-order valence-electron chi connectivity index (χ0n) is 17.0. The monoisotopic (exact) mass is 499 g/mol. The second-order valence-electron chi connectivity index (χ2n) is 7.26. The second kappa shape index (κ2) is 9.10. The Kier molecular flexibility index (Phi) is 5.88. The Bertz CT molecular complexity index is 1340. The van der Waals surface area contributed by atoms with E-state index in [2.05, 4.69) is 50.5 Å². The van der Waals surface area contributed by atoms with E-state index < -0.39 is 0 Å². The first-order valence-corrected chi connectivity index (χ1v) is 11.7. The number of nitrogens with one attached hydrogen (secondary N) is 1. The molecule has 4 nitrogen and oxygen atoms in total. The van der Waals surface area contributed by atoms with Gasteiger partial charge in [0.25, 0.3) is 5.91 Å². The molecule has 6 heteroatoms. The van der Waals surface area contributed by atoms with Gasteiger partial charge in [0.2, 0.25) is 0 Å². The van der Waals surface area contributed by atoms with E-state index in [1.165, 1.54) is 0 Å². The molecule has 5 rings (SSSR count). The normalized spacial score (nSPS) is 12.2. The molecule has 0 saturated carbocycles. The van der Waals surface area contributed by atoms with Gasteiger partial charge >= 0.3 is 0 Å². The number of rotatable bonds is 4. The summed E-state index contributed by atoms with van der Waals surface area (Å²) in [6.07, 6.45) is 1.72. The van der Waals surface area contributed by atoms with Crippen molar-refractivity contribution in [3.8, 4) is 0 Å². The summed E-state index contributed by atoms with van der Waals surface area (Å²) in [5, 5.41) is 2.94. The van der Waals surface area contributed by atoms with E-state index in [0.29, 0.717) is 12.1 Å². The van der Waals surface area contributed by atoms with Crippen molar-refractivity contribution in [2.24, 2.45) is 4.99 Å². The van der Waals surface area contributed by atoms with Crippen molar-refractivity contribution >= 4 is 45.0 Å². The highest BCUT2D eigenvalue weighted by Gasteiger charge is 2.20. The Labute approximate surface area is 199 Å². The number of carbonyl (C=O) groups excluding carboxylic acids is 1. The van der Waals surface area contributed by atoms with Gasteiger partial charge in [0.1, 0.15) is 0 Å². The van der Waals surface area contributed by atoms with Crippen molar-refractivity contribution in [2.45, 2.75) is 16.3 Å². The molecule has 2 heterocycles. The maximum absolute atomic E-state index is 12.8. The van der Waals surface area contributed by atoms with Crippen LogP contribution in [0.2, 0.25) is 0 Å². The van der Waals surface area contributed by atoms with Gasteiger partial charge in [-0.15, -0.1) is 0 Å². The summed E-state index contributed by atoms with van der Waals surface area (Å²) in [6, 6.07) is 27.7. The Morgan fingerprint density at radius 2 is 1.78 bits per heavy atom. The summed E-state index contributed by atoms with van der Waals surface area (Å²) in [5.41, 5.74) is 5.16. The maximum Gasteiger partial charge on any atom is 0.251 e. The molecule has 0 bridgehead atoms. The van der Waals surface area contributed by atoms with Gasteiger partial charge in [-0.3, -0.25) is 9.78 Å². The van der Waals surface area contributed by atoms with E-state index in [0.717, 1.165) is 42.5 Å². The highest BCUT2D eigenvalue weighted by atomic mass is 79.9. The van der Waals surface area contributed by atoms with E-state index in [4.69, 9.17) is 4.99 Å². The molecule has 1 amide bonds. The molecule has 0 radical (unpaired) electrons. The van der Waals surface area contributed by atoms with Crippen LogP contribution in [0.4, 0.5) is 5.69 Å². The number of benzene rings is 3. The van der Waals surface area contributed by atoms with Crippen molar-refractivity contribution in [1.29, 1.82) is 0 Å². The standard InChI is InChI=1S/C26H18BrN3OS/c27-19-7-5-6-17(14-19)25-21-9-1-2-10-23(21)32-24-12-11-18(15-22(24)30-25)26(31)29-16-20-8-3-4-13-28-20/h1-15H,16H2,(H,29,31). The van der Waals surface area contributed by atoms with Crippen LogP contribution in [0.3, 0.4) is 0 Å². The molecule has 3 aromatic carbocycles. The van der Waals surface area contributed by atoms with Crippen molar-refractivity contribution in [3.63, 3.8) is 0 Å². The van der Waals surface area contributed by atoms with E-state index in [1.54, 1.807) is 18.0 Å². The van der Waals surface area contributed by atoms with Crippen molar-refractivity contribution in [3.05, 3.63) is 118 Å². The fraction of sp³-hybridized carbons (Fsp3) is 0.0385. The SMILES string of the molecule is O=C(NCc1ccccn1)c1ccc2c(c1)N=C(c1cccc(Br)c1)c1ccccc1S2. The molecular weight excluding hydrogens is 482 g/mol. The number of hydrogen-bond acceptors (Lipinski definition) is 4. The van der Waals surface area contributed by atoms with Crippen molar-refractivity contribution < 1.29 is 4.79 Å². The van der Waals surface area contributed by atoms with Gasteiger partial charge < -0.3 is 5.32 Å². The number of nitrogens with zero attached hydrogens (tertiary/aromatic N) is 2. The zero-order chi connectivity index (χ0) is 21.9. The minimum atomic E-state index is -0.149. The van der Waals surface area contributed by atoms with Crippen LogP contribution >= 0.6 is 27.7 Å². The minimum absolute atomic E-state index is 0.149. The number of aromatic nitrogens is 1. The van der Waals surface area contributed by atoms with Crippen LogP contribution in [-0.4, -0.2) is 16.6 Å².